The zero-order chi connectivity index (χ0) is 19.2. The Morgan fingerprint density at radius 2 is 1.88 bits per heavy atom. The van der Waals surface area contributed by atoms with E-state index < -0.39 is 27.9 Å². The van der Waals surface area contributed by atoms with Crippen LogP contribution in [0.25, 0.3) is 0 Å². The molecule has 1 atom stereocenters. The van der Waals surface area contributed by atoms with E-state index in [0.717, 1.165) is 4.31 Å². The van der Waals surface area contributed by atoms with E-state index in [-0.39, 0.29) is 23.8 Å². The van der Waals surface area contributed by atoms with Crippen molar-refractivity contribution in [2.24, 2.45) is 0 Å². The van der Waals surface area contributed by atoms with Crippen LogP contribution in [-0.4, -0.2) is 56.4 Å². The summed E-state index contributed by atoms with van der Waals surface area (Å²) in [5.74, 6) is -1.45. The van der Waals surface area contributed by atoms with Crippen molar-refractivity contribution in [1.82, 2.24) is 9.62 Å². The number of amides is 1. The highest BCUT2D eigenvalue weighted by Gasteiger charge is 2.21. The van der Waals surface area contributed by atoms with Crippen molar-refractivity contribution in [3.8, 4) is 0 Å². The molecule has 0 saturated carbocycles. The minimum atomic E-state index is -3.62. The van der Waals surface area contributed by atoms with E-state index in [4.69, 9.17) is 5.11 Å². The van der Waals surface area contributed by atoms with Gasteiger partial charge in [-0.3, -0.25) is 14.9 Å². The van der Waals surface area contributed by atoms with E-state index >= 15 is 0 Å². The third-order valence-corrected chi connectivity index (χ3v) is 5.57. The number of anilines is 1. The van der Waals surface area contributed by atoms with Gasteiger partial charge >= 0.3 is 5.97 Å². The Labute approximate surface area is 160 Å². The highest BCUT2D eigenvalue weighted by Crippen LogP contribution is 2.22. The zero-order valence-corrected chi connectivity index (χ0v) is 16.9. The fourth-order valence-electron chi connectivity index (χ4n) is 2.18. The Kier molecular flexibility index (Phi) is 9.79. The first-order valence-corrected chi connectivity index (χ1v) is 9.32. The standard InChI is InChI=1S/C16H25N3O5S.ClH/c1-5-6-13(16(21)22)17-10-15(20)18-12-8-7-11(2)14(9-12)25(23,24)19(3)4;/h7-9,13,17H,5-6,10H2,1-4H3,(H,18,20)(H,21,22);1H. The second-order valence-corrected chi connectivity index (χ2v) is 8.00. The molecule has 26 heavy (non-hydrogen) atoms. The van der Waals surface area contributed by atoms with Crippen LogP contribution in [0.1, 0.15) is 25.3 Å². The van der Waals surface area contributed by atoms with Crippen LogP contribution < -0.4 is 10.6 Å². The molecule has 1 aromatic rings. The molecule has 0 bridgehead atoms. The summed E-state index contributed by atoms with van der Waals surface area (Å²) in [5.41, 5.74) is 0.902. The first kappa shape index (κ1) is 24.3. The lowest BCUT2D eigenvalue weighted by molar-refractivity contribution is -0.139. The fraction of sp³-hybridized carbons (Fsp3) is 0.500. The van der Waals surface area contributed by atoms with Gasteiger partial charge in [0, 0.05) is 19.8 Å². The summed E-state index contributed by atoms with van der Waals surface area (Å²) >= 11 is 0. The first-order chi connectivity index (χ1) is 11.6. The molecule has 0 aromatic heterocycles. The molecule has 1 amide bonds. The number of hydrogen-bond acceptors (Lipinski definition) is 5. The highest BCUT2D eigenvalue weighted by molar-refractivity contribution is 7.89. The maximum absolute atomic E-state index is 12.3. The molecule has 0 aliphatic carbocycles. The number of nitrogens with one attached hydrogen (secondary N) is 2. The second kappa shape index (κ2) is 10.5. The van der Waals surface area contributed by atoms with Crippen molar-refractivity contribution in [2.45, 2.75) is 37.6 Å². The third kappa shape index (κ3) is 6.56. The summed E-state index contributed by atoms with van der Waals surface area (Å²) in [6.45, 7) is 3.35. The van der Waals surface area contributed by atoms with Gasteiger partial charge in [0.05, 0.1) is 11.4 Å². The third-order valence-electron chi connectivity index (χ3n) is 3.61. The Bertz CT molecular complexity index is 737. The Morgan fingerprint density at radius 3 is 2.38 bits per heavy atom. The molecular formula is C16H26ClN3O5S. The van der Waals surface area contributed by atoms with Crippen molar-refractivity contribution < 1.29 is 23.1 Å². The monoisotopic (exact) mass is 407 g/mol. The number of rotatable bonds is 9. The lowest BCUT2D eigenvalue weighted by atomic mass is 10.1. The maximum atomic E-state index is 12.3. The van der Waals surface area contributed by atoms with Crippen molar-refractivity contribution in [1.29, 1.82) is 0 Å². The molecule has 1 aromatic carbocycles. The van der Waals surface area contributed by atoms with Gasteiger partial charge in [-0.25, -0.2) is 12.7 Å². The van der Waals surface area contributed by atoms with E-state index in [0.29, 0.717) is 24.1 Å². The van der Waals surface area contributed by atoms with Gasteiger partial charge in [-0.1, -0.05) is 19.4 Å². The van der Waals surface area contributed by atoms with Crippen molar-refractivity contribution >= 4 is 40.0 Å². The van der Waals surface area contributed by atoms with Crippen LogP contribution >= 0.6 is 12.4 Å². The number of aryl methyl sites for hydroxylation is 1. The summed E-state index contributed by atoms with van der Waals surface area (Å²) in [6.07, 6.45) is 1.09. The van der Waals surface area contributed by atoms with E-state index in [1.54, 1.807) is 19.1 Å². The minimum absolute atomic E-state index is 0. The summed E-state index contributed by atoms with van der Waals surface area (Å²) in [6, 6.07) is 3.81. The average Bonchev–Trinajstić information content (AvgIpc) is 2.52. The number of carboxylic acids is 1. The van der Waals surface area contributed by atoms with Crippen LogP contribution in [0.15, 0.2) is 23.1 Å². The van der Waals surface area contributed by atoms with Crippen LogP contribution in [-0.2, 0) is 19.6 Å². The number of carbonyl (C=O) groups excluding carboxylic acids is 1. The largest absolute Gasteiger partial charge is 0.480 e. The van der Waals surface area contributed by atoms with Gasteiger partial charge in [0.1, 0.15) is 6.04 Å². The predicted molar refractivity (Wildman–Crippen MR) is 102 cm³/mol. The Morgan fingerprint density at radius 1 is 1.27 bits per heavy atom. The molecule has 0 heterocycles. The molecule has 1 unspecified atom stereocenters. The second-order valence-electron chi connectivity index (χ2n) is 5.88. The fourth-order valence-corrected chi connectivity index (χ4v) is 3.32. The number of benzene rings is 1. The van der Waals surface area contributed by atoms with E-state index in [2.05, 4.69) is 10.6 Å². The van der Waals surface area contributed by atoms with Crippen LogP contribution in [0, 0.1) is 6.92 Å². The number of carbonyl (C=O) groups is 2. The summed E-state index contributed by atoms with van der Waals surface area (Å²) in [7, 11) is -0.753. The highest BCUT2D eigenvalue weighted by atomic mass is 35.5. The molecule has 1 rings (SSSR count). The molecule has 0 spiro atoms. The number of sulfonamides is 1. The van der Waals surface area contributed by atoms with Crippen LogP contribution in [0.4, 0.5) is 5.69 Å². The van der Waals surface area contributed by atoms with Crippen LogP contribution in [0.3, 0.4) is 0 Å². The predicted octanol–water partition coefficient (Wildman–Crippen LogP) is 1.45. The molecule has 148 valence electrons. The molecule has 0 saturated heterocycles. The van der Waals surface area contributed by atoms with Gasteiger partial charge in [0.15, 0.2) is 0 Å². The van der Waals surface area contributed by atoms with E-state index in [9.17, 15) is 18.0 Å². The van der Waals surface area contributed by atoms with Gasteiger partial charge in [-0.05, 0) is 31.0 Å². The zero-order valence-electron chi connectivity index (χ0n) is 15.3. The number of aliphatic carboxylic acids is 1. The molecule has 0 radical (unpaired) electrons. The smallest absolute Gasteiger partial charge is 0.320 e. The first-order valence-electron chi connectivity index (χ1n) is 7.88. The van der Waals surface area contributed by atoms with Crippen molar-refractivity contribution in [3.63, 3.8) is 0 Å². The molecule has 3 N–H and O–H groups in total. The van der Waals surface area contributed by atoms with Gasteiger partial charge in [0.2, 0.25) is 15.9 Å². The average molecular weight is 408 g/mol. The van der Waals surface area contributed by atoms with E-state index in [1.807, 2.05) is 6.92 Å². The topological polar surface area (TPSA) is 116 Å². The molecule has 8 nitrogen and oxygen atoms in total. The van der Waals surface area contributed by atoms with Gasteiger partial charge in [0.25, 0.3) is 0 Å². The van der Waals surface area contributed by atoms with Gasteiger partial charge in [-0.2, -0.15) is 0 Å². The van der Waals surface area contributed by atoms with E-state index in [1.165, 1.54) is 20.2 Å². The van der Waals surface area contributed by atoms with Crippen molar-refractivity contribution in [3.05, 3.63) is 23.8 Å². The molecule has 0 fully saturated rings. The molecule has 10 heteroatoms. The quantitative estimate of drug-likeness (QED) is 0.570. The number of halogens is 1. The summed E-state index contributed by atoms with van der Waals surface area (Å²) in [4.78, 5) is 23.2. The summed E-state index contributed by atoms with van der Waals surface area (Å²) in [5, 5.41) is 14.3. The minimum Gasteiger partial charge on any atom is -0.480 e. The molecule has 0 aliphatic heterocycles. The molecule has 0 aliphatic rings. The van der Waals surface area contributed by atoms with Crippen LogP contribution in [0.2, 0.25) is 0 Å². The van der Waals surface area contributed by atoms with Crippen molar-refractivity contribution in [2.75, 3.05) is 26.0 Å². The lowest BCUT2D eigenvalue weighted by Crippen LogP contribution is -2.41. The Balaban J connectivity index is 0.00000625. The maximum Gasteiger partial charge on any atom is 0.320 e. The van der Waals surface area contributed by atoms with Crippen LogP contribution in [0.5, 0.6) is 0 Å². The number of nitrogens with zero attached hydrogens (tertiary/aromatic N) is 1. The molecular weight excluding hydrogens is 382 g/mol. The lowest BCUT2D eigenvalue weighted by Gasteiger charge is -2.16. The normalized spacial score (nSPS) is 12.3. The van der Waals surface area contributed by atoms with Gasteiger partial charge in [-0.15, -0.1) is 12.4 Å². The Hall–Kier alpha value is -1.68. The number of hydrogen-bond donors (Lipinski definition) is 3. The SMILES string of the molecule is CCCC(NCC(=O)Nc1ccc(C)c(S(=O)(=O)N(C)C)c1)C(=O)O.Cl. The number of carboxylic acid groups (broad SMARTS) is 1. The van der Waals surface area contributed by atoms with Gasteiger partial charge < -0.3 is 10.4 Å². The summed E-state index contributed by atoms with van der Waals surface area (Å²) < 4.78 is 25.7.